The molecule has 1 aromatic heterocycles. The van der Waals surface area contributed by atoms with E-state index in [-0.39, 0.29) is 27.1 Å². The van der Waals surface area contributed by atoms with Crippen LogP contribution in [-0.2, 0) is 4.79 Å². The lowest BCUT2D eigenvalue weighted by atomic mass is 10.1. The smallest absolute Gasteiger partial charge is 0.240 e. The van der Waals surface area contributed by atoms with E-state index < -0.39 is 29.4 Å². The average molecular weight is 432 g/mol. The fraction of sp³-hybridized carbons (Fsp3) is 0.150. The molecule has 0 aliphatic rings. The van der Waals surface area contributed by atoms with E-state index in [2.05, 4.69) is 4.98 Å². The van der Waals surface area contributed by atoms with Gasteiger partial charge in [-0.2, -0.15) is 0 Å². The Morgan fingerprint density at radius 2 is 1.83 bits per heavy atom. The Morgan fingerprint density at radius 3 is 2.40 bits per heavy atom. The molecule has 7 nitrogen and oxygen atoms in total. The Bertz CT molecular complexity index is 1100. The molecule has 0 bridgehead atoms. The first-order valence-electron chi connectivity index (χ1n) is 8.71. The highest BCUT2D eigenvalue weighted by atomic mass is 32.1. The van der Waals surface area contributed by atoms with Gasteiger partial charge in [0.25, 0.3) is 0 Å². The molecule has 0 fully saturated rings. The number of amides is 1. The van der Waals surface area contributed by atoms with Crippen molar-refractivity contribution in [1.29, 1.82) is 0 Å². The van der Waals surface area contributed by atoms with Gasteiger partial charge < -0.3 is 21.1 Å². The summed E-state index contributed by atoms with van der Waals surface area (Å²) < 4.78 is 32.6. The van der Waals surface area contributed by atoms with E-state index in [4.69, 9.17) is 16.2 Å². The van der Waals surface area contributed by atoms with Gasteiger partial charge >= 0.3 is 0 Å². The number of halogens is 2. The predicted molar refractivity (Wildman–Crippen MR) is 110 cm³/mol. The molecule has 1 unspecified atom stereocenters. The summed E-state index contributed by atoms with van der Waals surface area (Å²) in [6, 6.07) is 8.27. The molecule has 1 heterocycles. The maximum atomic E-state index is 14.3. The topological polar surface area (TPSA) is 112 Å². The number of nitrogens with zero attached hydrogens (tertiary/aromatic N) is 2. The molecule has 1 atom stereocenters. The van der Waals surface area contributed by atoms with Crippen molar-refractivity contribution >= 4 is 39.7 Å². The Hall–Kier alpha value is -3.53. The van der Waals surface area contributed by atoms with E-state index in [0.29, 0.717) is 5.69 Å². The molecule has 10 heteroatoms. The normalized spacial score (nSPS) is 11.7. The van der Waals surface area contributed by atoms with Crippen LogP contribution in [0.5, 0.6) is 5.75 Å². The molecule has 30 heavy (non-hydrogen) atoms. The molecule has 1 amide bonds. The lowest BCUT2D eigenvalue weighted by Gasteiger charge is -2.26. The number of ketones is 1. The fourth-order valence-corrected chi connectivity index (χ4v) is 3.79. The van der Waals surface area contributed by atoms with Crippen LogP contribution in [0.1, 0.15) is 22.2 Å². The van der Waals surface area contributed by atoms with Gasteiger partial charge in [0.2, 0.25) is 11.7 Å². The van der Waals surface area contributed by atoms with Crippen molar-refractivity contribution in [2.45, 2.75) is 13.0 Å². The molecule has 156 valence electrons. The van der Waals surface area contributed by atoms with Gasteiger partial charge in [0.05, 0.1) is 12.7 Å². The number of hydrogen-bond acceptors (Lipinski definition) is 7. The minimum atomic E-state index is -0.873. The number of nitrogen functional groups attached to an aromatic ring is 1. The van der Waals surface area contributed by atoms with Crippen LogP contribution in [0, 0.1) is 11.6 Å². The number of hydrogen-bond donors (Lipinski definition) is 2. The molecule has 0 aliphatic heterocycles. The van der Waals surface area contributed by atoms with Crippen molar-refractivity contribution in [3.63, 3.8) is 0 Å². The zero-order chi connectivity index (χ0) is 22.0. The maximum Gasteiger partial charge on any atom is 0.240 e. The molecule has 0 spiro atoms. The summed E-state index contributed by atoms with van der Waals surface area (Å²) in [5.74, 6) is -2.42. The van der Waals surface area contributed by atoms with E-state index in [0.717, 1.165) is 17.4 Å². The molecule has 0 saturated heterocycles. The van der Waals surface area contributed by atoms with Gasteiger partial charge in [0.15, 0.2) is 5.13 Å². The van der Waals surface area contributed by atoms with Crippen LogP contribution < -0.4 is 21.1 Å². The van der Waals surface area contributed by atoms with Crippen LogP contribution in [0.25, 0.3) is 0 Å². The molecule has 4 N–H and O–H groups in total. The highest BCUT2D eigenvalue weighted by molar-refractivity contribution is 7.18. The number of nitrogens with two attached hydrogens (primary N) is 2. The van der Waals surface area contributed by atoms with Crippen molar-refractivity contribution < 1.29 is 23.1 Å². The number of carbonyl (C=O) groups excluding carboxylic acids is 2. The van der Waals surface area contributed by atoms with Crippen molar-refractivity contribution in [3.8, 4) is 5.75 Å². The summed E-state index contributed by atoms with van der Waals surface area (Å²) in [7, 11) is 1.38. The number of thiazole rings is 1. The first-order valence-corrected chi connectivity index (χ1v) is 9.53. The standard InChI is InChI=1S/C20H18F2N4O3S/c1-10(19(24)28)26(12-5-3-11(21)4-6-12)20-25-18(23)17(30-20)16(27)14-8-7-13(29-2)9-15(14)22/h3-10H,23H2,1-2H3,(H2,24,28). The SMILES string of the molecule is COc1ccc(C(=O)c2sc(N(c3ccc(F)cc3)C(C)C(N)=O)nc2N)c(F)c1. The minimum Gasteiger partial charge on any atom is -0.497 e. The van der Waals surface area contributed by atoms with Crippen LogP contribution in [0.4, 0.5) is 25.4 Å². The van der Waals surface area contributed by atoms with Gasteiger partial charge in [0, 0.05) is 11.8 Å². The van der Waals surface area contributed by atoms with Gasteiger partial charge in [-0.05, 0) is 43.3 Å². The van der Waals surface area contributed by atoms with Gasteiger partial charge in [0.1, 0.15) is 34.1 Å². The molecular formula is C20H18F2N4O3S. The molecular weight excluding hydrogens is 414 g/mol. The monoisotopic (exact) mass is 432 g/mol. The maximum absolute atomic E-state index is 14.3. The van der Waals surface area contributed by atoms with Gasteiger partial charge in [-0.25, -0.2) is 13.8 Å². The molecule has 0 radical (unpaired) electrons. The van der Waals surface area contributed by atoms with E-state index in [9.17, 15) is 18.4 Å². The van der Waals surface area contributed by atoms with Crippen LogP contribution in [0.2, 0.25) is 0 Å². The Labute approximate surface area is 174 Å². The van der Waals surface area contributed by atoms with Crippen molar-refractivity contribution in [3.05, 3.63) is 64.5 Å². The third-order valence-electron chi connectivity index (χ3n) is 4.38. The number of benzene rings is 2. The first-order chi connectivity index (χ1) is 14.2. The fourth-order valence-electron chi connectivity index (χ4n) is 2.74. The van der Waals surface area contributed by atoms with E-state index >= 15 is 0 Å². The van der Waals surface area contributed by atoms with Crippen molar-refractivity contribution in [2.75, 3.05) is 17.7 Å². The van der Waals surface area contributed by atoms with Crippen LogP contribution >= 0.6 is 11.3 Å². The lowest BCUT2D eigenvalue weighted by Crippen LogP contribution is -2.39. The number of anilines is 3. The summed E-state index contributed by atoms with van der Waals surface area (Å²) in [5, 5.41) is 0.183. The zero-order valence-corrected chi connectivity index (χ0v) is 16.9. The van der Waals surface area contributed by atoms with E-state index in [1.807, 2.05) is 0 Å². The Morgan fingerprint density at radius 1 is 1.17 bits per heavy atom. The minimum absolute atomic E-state index is 0.00199. The summed E-state index contributed by atoms with van der Waals surface area (Å²) in [6.07, 6.45) is 0. The largest absolute Gasteiger partial charge is 0.497 e. The quantitative estimate of drug-likeness (QED) is 0.555. The number of rotatable bonds is 7. The van der Waals surface area contributed by atoms with E-state index in [1.54, 1.807) is 0 Å². The summed E-state index contributed by atoms with van der Waals surface area (Å²) in [5.41, 5.74) is 11.6. The predicted octanol–water partition coefficient (Wildman–Crippen LogP) is 3.26. The number of methoxy groups -OCH3 is 1. The number of carbonyl (C=O) groups is 2. The van der Waals surface area contributed by atoms with Crippen molar-refractivity contribution in [1.82, 2.24) is 4.98 Å². The zero-order valence-electron chi connectivity index (χ0n) is 16.1. The van der Waals surface area contributed by atoms with Crippen LogP contribution in [0.15, 0.2) is 42.5 Å². The Kier molecular flexibility index (Phi) is 5.97. The second kappa shape index (κ2) is 8.46. The molecule has 3 aromatic rings. The van der Waals surface area contributed by atoms with Crippen LogP contribution in [0.3, 0.4) is 0 Å². The number of primary amides is 1. The highest BCUT2D eigenvalue weighted by Crippen LogP contribution is 2.36. The van der Waals surface area contributed by atoms with Crippen LogP contribution in [-0.4, -0.2) is 29.8 Å². The van der Waals surface area contributed by atoms with Gasteiger partial charge in [-0.3, -0.25) is 9.59 Å². The number of aromatic nitrogens is 1. The Balaban J connectivity index is 2.04. The van der Waals surface area contributed by atoms with Gasteiger partial charge in [-0.15, -0.1) is 0 Å². The van der Waals surface area contributed by atoms with Gasteiger partial charge in [-0.1, -0.05) is 11.3 Å². The molecule has 0 aliphatic carbocycles. The average Bonchev–Trinajstić information content (AvgIpc) is 3.09. The molecule has 0 saturated carbocycles. The third kappa shape index (κ3) is 4.08. The van der Waals surface area contributed by atoms with E-state index in [1.165, 1.54) is 55.3 Å². The summed E-state index contributed by atoms with van der Waals surface area (Å²) in [4.78, 5) is 30.3. The molecule has 2 aromatic carbocycles. The molecule has 3 rings (SSSR count). The van der Waals surface area contributed by atoms with Crippen molar-refractivity contribution in [2.24, 2.45) is 5.73 Å². The summed E-state index contributed by atoms with van der Waals surface area (Å²) >= 11 is 0.875. The second-order valence-corrected chi connectivity index (χ2v) is 7.29. The highest BCUT2D eigenvalue weighted by Gasteiger charge is 2.28. The third-order valence-corrected chi connectivity index (χ3v) is 5.45. The second-order valence-electron chi connectivity index (χ2n) is 6.31. The lowest BCUT2D eigenvalue weighted by molar-refractivity contribution is -0.118. The first kappa shape index (κ1) is 21.2. The number of ether oxygens (including phenoxy) is 1. The summed E-state index contributed by atoms with van der Waals surface area (Å²) in [6.45, 7) is 1.54.